The highest BCUT2D eigenvalue weighted by Gasteiger charge is 2.22. The normalized spacial score (nSPS) is 11.9. The van der Waals surface area contributed by atoms with Gasteiger partial charge in [0.2, 0.25) is 5.95 Å². The van der Waals surface area contributed by atoms with Gasteiger partial charge in [-0.25, -0.2) is 14.2 Å². The van der Waals surface area contributed by atoms with E-state index in [1.54, 1.807) is 6.92 Å². The van der Waals surface area contributed by atoms with Crippen LogP contribution in [0.2, 0.25) is 0 Å². The fourth-order valence-corrected chi connectivity index (χ4v) is 1.38. The maximum absolute atomic E-state index is 13.2. The number of hydrogen-bond acceptors (Lipinski definition) is 3. The van der Waals surface area contributed by atoms with Gasteiger partial charge in [-0.15, -0.1) is 0 Å². The van der Waals surface area contributed by atoms with E-state index in [1.807, 2.05) is 0 Å². The maximum Gasteiger partial charge on any atom is 0.326 e. The van der Waals surface area contributed by atoms with Gasteiger partial charge in [0.1, 0.15) is 6.04 Å². The molecule has 5 nitrogen and oxygen atoms in total. The molecule has 1 heterocycles. The third-order valence-electron chi connectivity index (χ3n) is 2.27. The molecule has 0 radical (unpaired) electrons. The minimum Gasteiger partial charge on any atom is -0.480 e. The van der Waals surface area contributed by atoms with Crippen LogP contribution in [0.1, 0.15) is 30.1 Å². The Morgan fingerprint density at radius 1 is 1.50 bits per heavy atom. The molecule has 1 aromatic rings. The molecule has 0 aromatic carbocycles. The Hall–Kier alpha value is -2.05. The van der Waals surface area contributed by atoms with Gasteiger partial charge in [-0.2, -0.15) is 4.39 Å². The third-order valence-corrected chi connectivity index (χ3v) is 2.27. The molecule has 1 aromatic heterocycles. The molecule has 0 saturated heterocycles. The van der Waals surface area contributed by atoms with Crippen LogP contribution >= 0.6 is 0 Å². The third kappa shape index (κ3) is 3.22. The van der Waals surface area contributed by atoms with Crippen molar-refractivity contribution in [3.05, 3.63) is 29.6 Å². The molecule has 0 bridgehead atoms. The lowest BCUT2D eigenvalue weighted by atomic mass is 10.1. The smallest absolute Gasteiger partial charge is 0.326 e. The first-order chi connectivity index (χ1) is 8.47. The summed E-state index contributed by atoms with van der Waals surface area (Å²) < 4.78 is 26.0. The number of halogens is 2. The summed E-state index contributed by atoms with van der Waals surface area (Å²) in [6.45, 7) is 1.74. The Morgan fingerprint density at radius 3 is 2.72 bits per heavy atom. The first-order valence-electron chi connectivity index (χ1n) is 5.31. The quantitative estimate of drug-likeness (QED) is 0.781. The zero-order valence-corrected chi connectivity index (χ0v) is 9.61. The number of carbonyl (C=O) groups excluding carboxylic acids is 1. The number of carboxylic acid groups (broad SMARTS) is 1. The lowest BCUT2D eigenvalue weighted by Crippen LogP contribution is -2.41. The number of aromatic nitrogens is 1. The first-order valence-corrected chi connectivity index (χ1v) is 5.31. The van der Waals surface area contributed by atoms with Crippen molar-refractivity contribution < 1.29 is 23.5 Å². The van der Waals surface area contributed by atoms with Gasteiger partial charge in [-0.3, -0.25) is 4.79 Å². The Labute approximate surface area is 102 Å². The fraction of sp³-hybridized carbons (Fsp3) is 0.364. The molecule has 2 N–H and O–H groups in total. The number of carbonyl (C=O) groups is 2. The fourth-order valence-electron chi connectivity index (χ4n) is 1.38. The minimum absolute atomic E-state index is 0.205. The summed E-state index contributed by atoms with van der Waals surface area (Å²) in [5.74, 6) is -4.99. The molecule has 1 atom stereocenters. The molecule has 0 saturated carbocycles. The summed E-state index contributed by atoms with van der Waals surface area (Å²) >= 11 is 0. The summed E-state index contributed by atoms with van der Waals surface area (Å²) in [5.41, 5.74) is -0.565. The van der Waals surface area contributed by atoms with Crippen LogP contribution in [0.3, 0.4) is 0 Å². The van der Waals surface area contributed by atoms with E-state index >= 15 is 0 Å². The number of pyridine rings is 1. The Kier molecular flexibility index (Phi) is 4.70. The van der Waals surface area contributed by atoms with E-state index in [1.165, 1.54) is 0 Å². The number of hydrogen-bond donors (Lipinski definition) is 2. The van der Waals surface area contributed by atoms with Crippen LogP contribution < -0.4 is 5.32 Å². The van der Waals surface area contributed by atoms with Gasteiger partial charge in [0.05, 0.1) is 5.56 Å². The molecule has 0 aliphatic rings. The summed E-state index contributed by atoms with van der Waals surface area (Å²) in [4.78, 5) is 25.4. The maximum atomic E-state index is 13.2. The number of carboxylic acids is 1. The van der Waals surface area contributed by atoms with E-state index in [9.17, 15) is 18.4 Å². The van der Waals surface area contributed by atoms with Gasteiger partial charge in [-0.05, 0) is 12.5 Å². The minimum atomic E-state index is -1.40. The highest BCUT2D eigenvalue weighted by atomic mass is 19.2. The molecule has 0 spiro atoms. The average molecular weight is 258 g/mol. The van der Waals surface area contributed by atoms with Crippen LogP contribution in [-0.4, -0.2) is 28.0 Å². The van der Waals surface area contributed by atoms with Crippen molar-refractivity contribution >= 4 is 11.9 Å². The number of aliphatic carboxylic acids is 1. The van der Waals surface area contributed by atoms with Crippen molar-refractivity contribution in [1.82, 2.24) is 10.3 Å². The second-order valence-electron chi connectivity index (χ2n) is 3.62. The summed E-state index contributed by atoms with van der Waals surface area (Å²) in [6.07, 6.45) is 1.67. The van der Waals surface area contributed by atoms with E-state index < -0.39 is 35.2 Å². The second-order valence-corrected chi connectivity index (χ2v) is 3.62. The number of amides is 1. The van der Waals surface area contributed by atoms with E-state index in [4.69, 9.17) is 5.11 Å². The predicted molar refractivity (Wildman–Crippen MR) is 58.0 cm³/mol. The van der Waals surface area contributed by atoms with E-state index in [0.29, 0.717) is 6.42 Å². The summed E-state index contributed by atoms with van der Waals surface area (Å²) in [6, 6.07) is -0.142. The first kappa shape index (κ1) is 14.0. The molecule has 98 valence electrons. The van der Waals surface area contributed by atoms with Crippen molar-refractivity contribution in [1.29, 1.82) is 0 Å². The predicted octanol–water partition coefficient (Wildman–Crippen LogP) is 1.34. The van der Waals surface area contributed by atoms with Crippen LogP contribution in [-0.2, 0) is 4.79 Å². The SMILES string of the molecule is CCCC(NC(=O)c1ccnc(F)c1F)C(=O)O. The Bertz CT molecular complexity index is 466. The van der Waals surface area contributed by atoms with Gasteiger partial charge < -0.3 is 10.4 Å². The number of nitrogens with one attached hydrogen (secondary N) is 1. The molecule has 1 unspecified atom stereocenters. The standard InChI is InChI=1S/C11H12F2N2O3/c1-2-3-7(11(17)18)15-10(16)6-4-5-14-9(13)8(6)12/h4-5,7H,2-3H2,1H3,(H,15,16)(H,17,18). The van der Waals surface area contributed by atoms with E-state index in [2.05, 4.69) is 10.3 Å². The zero-order valence-electron chi connectivity index (χ0n) is 9.61. The van der Waals surface area contributed by atoms with Crippen LogP contribution in [0, 0.1) is 11.8 Å². The topological polar surface area (TPSA) is 79.3 Å². The van der Waals surface area contributed by atoms with Crippen molar-refractivity contribution in [3.63, 3.8) is 0 Å². The highest BCUT2D eigenvalue weighted by molar-refractivity contribution is 5.96. The number of rotatable bonds is 5. The second kappa shape index (κ2) is 6.04. The lowest BCUT2D eigenvalue weighted by molar-refractivity contribution is -0.139. The summed E-state index contributed by atoms with van der Waals surface area (Å²) in [5, 5.41) is 11.0. The molecule has 0 aliphatic heterocycles. The van der Waals surface area contributed by atoms with Crippen LogP contribution in [0.25, 0.3) is 0 Å². The lowest BCUT2D eigenvalue weighted by Gasteiger charge is -2.13. The molecule has 0 fully saturated rings. The van der Waals surface area contributed by atoms with Crippen molar-refractivity contribution in [2.75, 3.05) is 0 Å². The number of nitrogens with zero attached hydrogens (tertiary/aromatic N) is 1. The van der Waals surface area contributed by atoms with E-state index in [-0.39, 0.29) is 6.42 Å². The Morgan fingerprint density at radius 2 is 2.17 bits per heavy atom. The van der Waals surface area contributed by atoms with Crippen molar-refractivity contribution in [2.45, 2.75) is 25.8 Å². The largest absolute Gasteiger partial charge is 0.480 e. The van der Waals surface area contributed by atoms with E-state index in [0.717, 1.165) is 12.3 Å². The molecule has 18 heavy (non-hydrogen) atoms. The van der Waals surface area contributed by atoms with Gasteiger partial charge in [0.25, 0.3) is 5.91 Å². The highest BCUT2D eigenvalue weighted by Crippen LogP contribution is 2.09. The van der Waals surface area contributed by atoms with Crippen LogP contribution in [0.15, 0.2) is 12.3 Å². The molecule has 1 rings (SSSR count). The van der Waals surface area contributed by atoms with Gasteiger partial charge in [0.15, 0.2) is 5.82 Å². The monoisotopic (exact) mass is 258 g/mol. The average Bonchev–Trinajstić information content (AvgIpc) is 2.31. The molecule has 7 heteroatoms. The van der Waals surface area contributed by atoms with Gasteiger partial charge in [0, 0.05) is 6.20 Å². The zero-order chi connectivity index (χ0) is 13.7. The van der Waals surface area contributed by atoms with Gasteiger partial charge >= 0.3 is 5.97 Å². The summed E-state index contributed by atoms with van der Waals surface area (Å²) in [7, 11) is 0. The molecular weight excluding hydrogens is 246 g/mol. The Balaban J connectivity index is 2.87. The van der Waals surface area contributed by atoms with Crippen LogP contribution in [0.5, 0.6) is 0 Å². The molecule has 0 aliphatic carbocycles. The van der Waals surface area contributed by atoms with Gasteiger partial charge in [-0.1, -0.05) is 13.3 Å². The molecular formula is C11H12F2N2O3. The van der Waals surface area contributed by atoms with Crippen molar-refractivity contribution in [2.24, 2.45) is 0 Å². The van der Waals surface area contributed by atoms with Crippen LogP contribution in [0.4, 0.5) is 8.78 Å². The molecule has 1 amide bonds. The van der Waals surface area contributed by atoms with Crippen molar-refractivity contribution in [3.8, 4) is 0 Å².